The molecule has 0 spiro atoms. The quantitative estimate of drug-likeness (QED) is 0.874. The smallest absolute Gasteiger partial charge is 0.252 e. The minimum atomic E-state index is -0.365. The van der Waals surface area contributed by atoms with Crippen molar-refractivity contribution in [2.24, 2.45) is 0 Å². The van der Waals surface area contributed by atoms with Gasteiger partial charge in [-0.15, -0.1) is 0 Å². The molecule has 0 bridgehead atoms. The molecule has 1 aromatic carbocycles. The number of pyridine rings is 1. The maximum absolute atomic E-state index is 13.7. The molecule has 134 valence electrons. The minimum absolute atomic E-state index is 0.0535. The molecule has 0 radical (unpaired) electrons. The topological polar surface area (TPSA) is 54.0 Å². The Kier molecular flexibility index (Phi) is 4.31. The summed E-state index contributed by atoms with van der Waals surface area (Å²) in [5, 5.41) is 7.32. The number of hydrogen-bond acceptors (Lipinski definition) is 3. The van der Waals surface area contributed by atoms with Gasteiger partial charge in [-0.25, -0.2) is 4.39 Å². The van der Waals surface area contributed by atoms with E-state index in [4.69, 9.17) is 0 Å². The maximum Gasteiger partial charge on any atom is 0.252 e. The zero-order valence-electron chi connectivity index (χ0n) is 15.5. The normalized spacial score (nSPS) is 19.8. The summed E-state index contributed by atoms with van der Waals surface area (Å²) < 4.78 is 13.7. The molecule has 2 heterocycles. The highest BCUT2D eigenvalue weighted by atomic mass is 19.1. The molecular formula is C20H26FN3O. The van der Waals surface area contributed by atoms with Crippen LogP contribution in [0, 0.1) is 12.7 Å². The van der Waals surface area contributed by atoms with Gasteiger partial charge in [0.2, 0.25) is 0 Å². The summed E-state index contributed by atoms with van der Waals surface area (Å²) in [4.78, 5) is 17.3. The molecule has 1 aliphatic heterocycles. The molecule has 2 N–H and O–H groups in total. The molecule has 1 amide bonds. The third-order valence-electron chi connectivity index (χ3n) is 4.67. The monoisotopic (exact) mass is 343 g/mol. The first-order valence-electron chi connectivity index (χ1n) is 8.72. The number of carbonyl (C=O) groups is 1. The summed E-state index contributed by atoms with van der Waals surface area (Å²) >= 11 is 0. The van der Waals surface area contributed by atoms with Gasteiger partial charge in [-0.05, 0) is 71.7 Å². The van der Waals surface area contributed by atoms with Crippen molar-refractivity contribution in [3.8, 4) is 0 Å². The average molecular weight is 343 g/mol. The highest BCUT2D eigenvalue weighted by Crippen LogP contribution is 2.29. The SMILES string of the molecule is Cc1cc(C(=O)NC2CC(C)(C)NC(C)(C)C2)c2cc(F)ccc2n1. The Morgan fingerprint density at radius 1 is 1.20 bits per heavy atom. The van der Waals surface area contributed by atoms with Crippen LogP contribution in [0.3, 0.4) is 0 Å². The van der Waals surface area contributed by atoms with Crippen LogP contribution in [0.5, 0.6) is 0 Å². The molecule has 4 nitrogen and oxygen atoms in total. The number of piperidine rings is 1. The van der Waals surface area contributed by atoms with Crippen LogP contribution >= 0.6 is 0 Å². The van der Waals surface area contributed by atoms with Crippen LogP contribution in [0.4, 0.5) is 4.39 Å². The minimum Gasteiger partial charge on any atom is -0.349 e. The molecular weight excluding hydrogens is 317 g/mol. The van der Waals surface area contributed by atoms with Crippen LogP contribution in [0.25, 0.3) is 10.9 Å². The van der Waals surface area contributed by atoms with E-state index in [1.807, 2.05) is 6.92 Å². The van der Waals surface area contributed by atoms with Gasteiger partial charge in [0.25, 0.3) is 5.91 Å². The van der Waals surface area contributed by atoms with E-state index in [0.29, 0.717) is 16.5 Å². The van der Waals surface area contributed by atoms with E-state index in [-0.39, 0.29) is 28.8 Å². The lowest BCUT2D eigenvalue weighted by molar-refractivity contribution is 0.0874. The number of halogens is 1. The van der Waals surface area contributed by atoms with Crippen LogP contribution in [-0.4, -0.2) is 28.0 Å². The van der Waals surface area contributed by atoms with Crippen molar-refractivity contribution >= 4 is 16.8 Å². The number of nitrogens with one attached hydrogen (secondary N) is 2. The molecule has 2 aromatic rings. The lowest BCUT2D eigenvalue weighted by atomic mass is 9.79. The number of nitrogens with zero attached hydrogens (tertiary/aromatic N) is 1. The highest BCUT2D eigenvalue weighted by molar-refractivity contribution is 6.06. The van der Waals surface area contributed by atoms with Crippen molar-refractivity contribution < 1.29 is 9.18 Å². The van der Waals surface area contributed by atoms with Crippen molar-refractivity contribution in [3.05, 3.63) is 41.3 Å². The van der Waals surface area contributed by atoms with Crippen molar-refractivity contribution in [2.45, 2.75) is 64.6 Å². The van der Waals surface area contributed by atoms with E-state index in [0.717, 1.165) is 18.5 Å². The van der Waals surface area contributed by atoms with Crippen molar-refractivity contribution in [3.63, 3.8) is 0 Å². The summed E-state index contributed by atoms with van der Waals surface area (Å²) in [5.74, 6) is -0.532. The van der Waals surface area contributed by atoms with Crippen LogP contribution < -0.4 is 10.6 Å². The Labute approximate surface area is 148 Å². The van der Waals surface area contributed by atoms with E-state index in [1.54, 1.807) is 12.1 Å². The molecule has 3 rings (SSSR count). The number of carbonyl (C=O) groups excluding carboxylic acids is 1. The zero-order chi connectivity index (χ0) is 18.4. The summed E-state index contributed by atoms with van der Waals surface area (Å²) in [5.41, 5.74) is 1.76. The van der Waals surface area contributed by atoms with Gasteiger partial charge in [0, 0.05) is 28.2 Å². The van der Waals surface area contributed by atoms with Gasteiger partial charge >= 0.3 is 0 Å². The molecule has 25 heavy (non-hydrogen) atoms. The molecule has 1 aliphatic rings. The number of hydrogen-bond donors (Lipinski definition) is 2. The molecule has 0 aliphatic carbocycles. The fourth-order valence-corrected chi connectivity index (χ4v) is 4.21. The second-order valence-corrected chi connectivity index (χ2v) is 8.44. The second-order valence-electron chi connectivity index (χ2n) is 8.44. The highest BCUT2D eigenvalue weighted by Gasteiger charge is 2.38. The Balaban J connectivity index is 1.91. The first-order chi connectivity index (χ1) is 11.5. The molecule has 5 heteroatoms. The largest absolute Gasteiger partial charge is 0.349 e. The molecule has 1 saturated heterocycles. The average Bonchev–Trinajstić information content (AvgIpc) is 2.43. The number of aryl methyl sites for hydroxylation is 1. The van der Waals surface area contributed by atoms with Gasteiger partial charge in [-0.3, -0.25) is 9.78 Å². The van der Waals surface area contributed by atoms with Gasteiger partial charge in [0.1, 0.15) is 5.82 Å². The molecule has 0 atom stereocenters. The Morgan fingerprint density at radius 3 is 2.48 bits per heavy atom. The third kappa shape index (κ3) is 3.98. The lowest BCUT2D eigenvalue weighted by Gasteiger charge is -2.46. The van der Waals surface area contributed by atoms with E-state index < -0.39 is 0 Å². The maximum atomic E-state index is 13.7. The first-order valence-corrected chi connectivity index (χ1v) is 8.72. The molecule has 1 aromatic heterocycles. The van der Waals surface area contributed by atoms with Gasteiger partial charge < -0.3 is 10.6 Å². The Morgan fingerprint density at radius 2 is 1.84 bits per heavy atom. The van der Waals surface area contributed by atoms with Gasteiger partial charge in [-0.2, -0.15) is 0 Å². The predicted molar refractivity (Wildman–Crippen MR) is 98.2 cm³/mol. The number of amides is 1. The van der Waals surface area contributed by atoms with Crippen molar-refractivity contribution in [1.82, 2.24) is 15.6 Å². The molecule has 0 saturated carbocycles. The second kappa shape index (κ2) is 6.06. The predicted octanol–water partition coefficient (Wildman–Crippen LogP) is 3.72. The Hall–Kier alpha value is -2.01. The van der Waals surface area contributed by atoms with Crippen LogP contribution in [-0.2, 0) is 0 Å². The van der Waals surface area contributed by atoms with Crippen LogP contribution in [0.15, 0.2) is 24.3 Å². The molecule has 0 unspecified atom stereocenters. The fraction of sp³-hybridized carbons (Fsp3) is 0.500. The zero-order valence-corrected chi connectivity index (χ0v) is 15.5. The van der Waals surface area contributed by atoms with E-state index >= 15 is 0 Å². The number of fused-ring (bicyclic) bond motifs is 1. The van der Waals surface area contributed by atoms with Gasteiger partial charge in [-0.1, -0.05) is 0 Å². The Bertz CT molecular complexity index is 813. The number of aromatic nitrogens is 1. The lowest BCUT2D eigenvalue weighted by Crippen LogP contribution is -2.62. The summed E-state index contributed by atoms with van der Waals surface area (Å²) in [6.07, 6.45) is 1.69. The van der Waals surface area contributed by atoms with Gasteiger partial charge in [0.15, 0.2) is 0 Å². The van der Waals surface area contributed by atoms with Crippen LogP contribution in [0.2, 0.25) is 0 Å². The summed E-state index contributed by atoms with van der Waals surface area (Å²) in [7, 11) is 0. The van der Waals surface area contributed by atoms with Crippen molar-refractivity contribution in [1.29, 1.82) is 0 Å². The van der Waals surface area contributed by atoms with E-state index in [1.165, 1.54) is 12.1 Å². The van der Waals surface area contributed by atoms with Crippen molar-refractivity contribution in [2.75, 3.05) is 0 Å². The summed E-state index contributed by atoms with van der Waals surface area (Å²) in [6, 6.07) is 6.16. The first kappa shape index (κ1) is 17.8. The third-order valence-corrected chi connectivity index (χ3v) is 4.67. The van der Waals surface area contributed by atoms with Crippen LogP contribution in [0.1, 0.15) is 56.6 Å². The number of benzene rings is 1. The van der Waals surface area contributed by atoms with E-state index in [2.05, 4.69) is 43.3 Å². The fourth-order valence-electron chi connectivity index (χ4n) is 4.21. The van der Waals surface area contributed by atoms with E-state index in [9.17, 15) is 9.18 Å². The summed E-state index contributed by atoms with van der Waals surface area (Å²) in [6.45, 7) is 10.4. The number of rotatable bonds is 2. The molecule has 1 fully saturated rings. The van der Waals surface area contributed by atoms with Gasteiger partial charge in [0.05, 0.1) is 11.1 Å². The standard InChI is InChI=1S/C20H26FN3O/c1-12-8-16(15-9-13(21)6-7-17(15)22-12)18(25)23-14-10-19(2,3)24-20(4,5)11-14/h6-9,14,24H,10-11H2,1-5H3,(H,23,25).